The summed E-state index contributed by atoms with van der Waals surface area (Å²) in [5, 5.41) is 1.27. The van der Waals surface area contributed by atoms with Crippen LogP contribution < -0.4 is 5.73 Å². The molecule has 16 heavy (non-hydrogen) atoms. The summed E-state index contributed by atoms with van der Waals surface area (Å²) in [5.74, 6) is 3.04. The van der Waals surface area contributed by atoms with Gasteiger partial charge in [-0.25, -0.2) is 4.98 Å². The minimum absolute atomic E-state index is 0.255. The molecule has 0 aromatic carbocycles. The molecule has 0 bridgehead atoms. The number of rotatable bonds is 4. The van der Waals surface area contributed by atoms with Crippen molar-refractivity contribution in [2.45, 2.75) is 44.9 Å². The highest BCUT2D eigenvalue weighted by atomic mass is 32.2. The topological polar surface area (TPSA) is 38.9 Å². The molecule has 4 heteroatoms. The Balaban J connectivity index is 1.96. The zero-order chi connectivity index (χ0) is 11.5. The average molecular weight is 256 g/mol. The predicted octanol–water partition coefficient (Wildman–Crippen LogP) is 3.37. The number of nitrogens with two attached hydrogens (primary N) is 1. The molecule has 1 unspecified atom stereocenters. The Bertz CT molecular complexity index is 347. The molecule has 1 aromatic rings. The lowest BCUT2D eigenvalue weighted by Gasteiger charge is -2.15. The van der Waals surface area contributed by atoms with Crippen LogP contribution in [0.2, 0.25) is 0 Å². The second-order valence-corrected chi connectivity index (χ2v) is 6.97. The van der Waals surface area contributed by atoms with E-state index in [-0.39, 0.29) is 6.04 Å². The number of thioether (sulfide) groups is 1. The number of thiazole rings is 1. The first-order valence-electron chi connectivity index (χ1n) is 5.98. The molecule has 1 heterocycles. The number of aryl methyl sites for hydroxylation is 1. The molecule has 1 aromatic heterocycles. The first-order chi connectivity index (χ1) is 7.66. The van der Waals surface area contributed by atoms with E-state index in [0.717, 1.165) is 24.5 Å². The van der Waals surface area contributed by atoms with Crippen LogP contribution in [0.4, 0.5) is 0 Å². The predicted molar refractivity (Wildman–Crippen MR) is 73.0 cm³/mol. The van der Waals surface area contributed by atoms with Crippen molar-refractivity contribution >= 4 is 23.1 Å². The van der Waals surface area contributed by atoms with Crippen LogP contribution in [-0.2, 0) is 12.2 Å². The highest BCUT2D eigenvalue weighted by molar-refractivity contribution is 7.98. The van der Waals surface area contributed by atoms with E-state index in [1.807, 2.05) is 23.1 Å². The number of aromatic nitrogens is 1. The van der Waals surface area contributed by atoms with E-state index in [1.54, 1.807) is 0 Å². The highest BCUT2D eigenvalue weighted by Crippen LogP contribution is 2.33. The zero-order valence-electron chi connectivity index (χ0n) is 10.0. The molecule has 0 saturated carbocycles. The van der Waals surface area contributed by atoms with Gasteiger partial charge in [0.25, 0.3) is 0 Å². The Morgan fingerprint density at radius 3 is 3.06 bits per heavy atom. The maximum Gasteiger partial charge on any atom is 0.103 e. The van der Waals surface area contributed by atoms with Crippen molar-refractivity contribution in [3.8, 4) is 0 Å². The smallest absolute Gasteiger partial charge is 0.103 e. The van der Waals surface area contributed by atoms with Gasteiger partial charge in [0.2, 0.25) is 0 Å². The van der Waals surface area contributed by atoms with Crippen LogP contribution >= 0.6 is 23.1 Å². The molecule has 0 spiro atoms. The fraction of sp³-hybridized carbons (Fsp3) is 0.750. The van der Waals surface area contributed by atoms with Gasteiger partial charge < -0.3 is 5.73 Å². The SMILES string of the molecule is CC(C)CSCc1nc2c(s1)C(N)CCC2. The molecular weight excluding hydrogens is 236 g/mol. The van der Waals surface area contributed by atoms with Crippen molar-refractivity contribution in [2.24, 2.45) is 11.7 Å². The summed E-state index contributed by atoms with van der Waals surface area (Å²) in [6.45, 7) is 4.52. The van der Waals surface area contributed by atoms with E-state index in [1.165, 1.54) is 27.8 Å². The van der Waals surface area contributed by atoms with E-state index < -0.39 is 0 Å². The normalized spacial score (nSPS) is 20.1. The fourth-order valence-corrected chi connectivity index (χ4v) is 4.21. The van der Waals surface area contributed by atoms with E-state index in [0.29, 0.717) is 0 Å². The molecule has 2 N–H and O–H groups in total. The third kappa shape index (κ3) is 2.99. The molecule has 1 atom stereocenters. The van der Waals surface area contributed by atoms with Crippen LogP contribution in [-0.4, -0.2) is 10.7 Å². The van der Waals surface area contributed by atoms with Crippen LogP contribution in [0.25, 0.3) is 0 Å². The maximum atomic E-state index is 6.10. The van der Waals surface area contributed by atoms with E-state index in [2.05, 4.69) is 13.8 Å². The number of fused-ring (bicyclic) bond motifs is 1. The Kier molecular flexibility index (Phi) is 4.27. The van der Waals surface area contributed by atoms with Gasteiger partial charge in [0.05, 0.1) is 5.69 Å². The summed E-state index contributed by atoms with van der Waals surface area (Å²) in [5.41, 5.74) is 7.38. The quantitative estimate of drug-likeness (QED) is 0.897. The van der Waals surface area contributed by atoms with Crippen LogP contribution in [0.5, 0.6) is 0 Å². The third-order valence-electron chi connectivity index (χ3n) is 2.71. The molecule has 2 rings (SSSR count). The first-order valence-corrected chi connectivity index (χ1v) is 7.95. The van der Waals surface area contributed by atoms with Gasteiger partial charge in [0.1, 0.15) is 5.01 Å². The summed E-state index contributed by atoms with van der Waals surface area (Å²) >= 11 is 3.82. The van der Waals surface area contributed by atoms with E-state index in [4.69, 9.17) is 10.7 Å². The minimum Gasteiger partial charge on any atom is -0.323 e. The van der Waals surface area contributed by atoms with Crippen LogP contribution in [0, 0.1) is 5.92 Å². The molecule has 0 fully saturated rings. The Morgan fingerprint density at radius 1 is 1.56 bits per heavy atom. The average Bonchev–Trinajstić information content (AvgIpc) is 2.61. The van der Waals surface area contributed by atoms with E-state index >= 15 is 0 Å². The number of hydrogen-bond acceptors (Lipinski definition) is 4. The fourth-order valence-electron chi connectivity index (χ4n) is 1.95. The van der Waals surface area contributed by atoms with Crippen LogP contribution in [0.15, 0.2) is 0 Å². The molecule has 2 nitrogen and oxygen atoms in total. The van der Waals surface area contributed by atoms with Gasteiger partial charge in [0.15, 0.2) is 0 Å². The second kappa shape index (κ2) is 5.52. The summed E-state index contributed by atoms with van der Waals surface area (Å²) < 4.78 is 0. The summed E-state index contributed by atoms with van der Waals surface area (Å²) in [4.78, 5) is 6.07. The molecule has 0 amide bonds. The number of hydrogen-bond donors (Lipinski definition) is 1. The molecule has 1 aliphatic carbocycles. The minimum atomic E-state index is 0.255. The van der Waals surface area contributed by atoms with Crippen molar-refractivity contribution in [1.29, 1.82) is 0 Å². The Labute approximate surface area is 106 Å². The maximum absolute atomic E-state index is 6.10. The largest absolute Gasteiger partial charge is 0.323 e. The third-order valence-corrected chi connectivity index (χ3v) is 5.51. The molecule has 0 radical (unpaired) electrons. The van der Waals surface area contributed by atoms with Crippen molar-refractivity contribution in [2.75, 3.05) is 5.75 Å². The Morgan fingerprint density at radius 2 is 2.38 bits per heavy atom. The molecule has 1 aliphatic rings. The van der Waals surface area contributed by atoms with Gasteiger partial charge in [0, 0.05) is 16.7 Å². The van der Waals surface area contributed by atoms with Gasteiger partial charge in [-0.15, -0.1) is 11.3 Å². The molecule has 90 valence electrons. The molecule has 0 aliphatic heterocycles. The van der Waals surface area contributed by atoms with Crippen LogP contribution in [0.1, 0.15) is 48.3 Å². The van der Waals surface area contributed by atoms with Gasteiger partial charge in [-0.3, -0.25) is 0 Å². The molecule has 0 saturated heterocycles. The molecular formula is C12H20N2S2. The summed E-state index contributed by atoms with van der Waals surface area (Å²) in [6, 6.07) is 0.255. The van der Waals surface area contributed by atoms with Crippen molar-refractivity contribution < 1.29 is 0 Å². The standard InChI is InChI=1S/C12H20N2S2/c1-8(2)6-15-7-11-14-10-5-3-4-9(13)12(10)16-11/h8-9H,3-7,13H2,1-2H3. The summed E-state index contributed by atoms with van der Waals surface area (Å²) in [6.07, 6.45) is 3.47. The van der Waals surface area contributed by atoms with Gasteiger partial charge in [-0.05, 0) is 30.9 Å². The van der Waals surface area contributed by atoms with Crippen molar-refractivity contribution in [3.63, 3.8) is 0 Å². The number of nitrogens with zero attached hydrogens (tertiary/aromatic N) is 1. The van der Waals surface area contributed by atoms with Crippen molar-refractivity contribution in [3.05, 3.63) is 15.6 Å². The van der Waals surface area contributed by atoms with Crippen LogP contribution in [0.3, 0.4) is 0 Å². The van der Waals surface area contributed by atoms with Gasteiger partial charge in [-0.2, -0.15) is 11.8 Å². The van der Waals surface area contributed by atoms with E-state index in [9.17, 15) is 0 Å². The van der Waals surface area contributed by atoms with Crippen molar-refractivity contribution in [1.82, 2.24) is 4.98 Å². The van der Waals surface area contributed by atoms with Gasteiger partial charge in [-0.1, -0.05) is 13.8 Å². The summed E-state index contributed by atoms with van der Waals surface area (Å²) in [7, 11) is 0. The highest BCUT2D eigenvalue weighted by Gasteiger charge is 2.21. The Hall–Kier alpha value is -0.0600. The van der Waals surface area contributed by atoms with Gasteiger partial charge >= 0.3 is 0 Å². The first kappa shape index (κ1) is 12.4. The lowest BCUT2D eigenvalue weighted by molar-refractivity contribution is 0.573. The lowest BCUT2D eigenvalue weighted by atomic mass is 9.99. The lowest BCUT2D eigenvalue weighted by Crippen LogP contribution is -2.15. The monoisotopic (exact) mass is 256 g/mol. The zero-order valence-corrected chi connectivity index (χ0v) is 11.7. The second-order valence-electron chi connectivity index (χ2n) is 4.83.